The van der Waals surface area contributed by atoms with Gasteiger partial charge in [0.2, 0.25) is 0 Å². The highest BCUT2D eigenvalue weighted by atomic mass is 15.0. The molecule has 0 saturated heterocycles. The molecule has 5 aromatic heterocycles. The van der Waals surface area contributed by atoms with E-state index in [2.05, 4.69) is 255 Å². The molecule has 0 amide bonds. The summed E-state index contributed by atoms with van der Waals surface area (Å²) in [5, 5.41) is 9.79. The maximum Gasteiger partial charge on any atom is 0.0666 e. The molecule has 5 heteroatoms. The van der Waals surface area contributed by atoms with Gasteiger partial charge in [-0.3, -0.25) is 4.98 Å². The van der Waals surface area contributed by atoms with E-state index < -0.39 is 0 Å². The molecule has 0 saturated carbocycles. The third-order valence-corrected chi connectivity index (χ3v) is 14.6. The van der Waals surface area contributed by atoms with Gasteiger partial charge in [0, 0.05) is 54.5 Å². The molecule has 15 rings (SSSR count). The largest absolute Gasteiger partial charge is 0.309 e. The monoisotopic (exact) mass is 891 g/mol. The Morgan fingerprint density at radius 2 is 0.500 bits per heavy atom. The summed E-state index contributed by atoms with van der Waals surface area (Å²) in [4.78, 5) is 5.02. The van der Waals surface area contributed by atoms with E-state index in [1.807, 2.05) is 12.4 Å². The topological polar surface area (TPSA) is 32.6 Å². The van der Waals surface area contributed by atoms with Gasteiger partial charge in [-0.2, -0.15) is 0 Å². The Morgan fingerprint density at radius 1 is 0.200 bits per heavy atom. The van der Waals surface area contributed by atoms with Crippen LogP contribution in [-0.4, -0.2) is 23.3 Å². The van der Waals surface area contributed by atoms with Gasteiger partial charge in [-0.05, 0) is 113 Å². The highest BCUT2D eigenvalue weighted by Crippen LogP contribution is 2.41. The normalized spacial score (nSPS) is 12.0. The molecule has 0 N–H and O–H groups in total. The fourth-order valence-electron chi connectivity index (χ4n) is 11.5. The molecule has 15 aromatic rings. The van der Waals surface area contributed by atoms with Crippen LogP contribution in [0.5, 0.6) is 0 Å². The third kappa shape index (κ3) is 5.69. The van der Waals surface area contributed by atoms with Crippen molar-refractivity contribution in [3.8, 4) is 45.0 Å². The summed E-state index contributed by atoms with van der Waals surface area (Å²) >= 11 is 0. The predicted octanol–water partition coefficient (Wildman–Crippen LogP) is 16.8. The number of nitrogens with zero attached hydrogens (tertiary/aromatic N) is 5. The quantitative estimate of drug-likeness (QED) is 0.164. The Balaban J connectivity index is 0.886. The van der Waals surface area contributed by atoms with Crippen LogP contribution in [0.25, 0.3) is 132 Å². The molecule has 0 radical (unpaired) electrons. The molecule has 0 atom stereocenters. The van der Waals surface area contributed by atoms with Gasteiger partial charge in [0.15, 0.2) is 0 Å². The maximum absolute atomic E-state index is 5.02. The molecule has 5 nitrogen and oxygen atoms in total. The Kier molecular flexibility index (Phi) is 8.29. The zero-order valence-electron chi connectivity index (χ0n) is 37.9. The van der Waals surface area contributed by atoms with E-state index in [4.69, 9.17) is 4.98 Å². The van der Waals surface area contributed by atoms with Crippen molar-refractivity contribution in [1.82, 2.24) is 23.3 Å². The van der Waals surface area contributed by atoms with Crippen LogP contribution >= 0.6 is 0 Å². The van der Waals surface area contributed by atoms with Crippen molar-refractivity contribution in [3.05, 3.63) is 249 Å². The summed E-state index contributed by atoms with van der Waals surface area (Å²) in [6.45, 7) is 0. The summed E-state index contributed by atoms with van der Waals surface area (Å²) < 4.78 is 9.54. The van der Waals surface area contributed by atoms with Crippen molar-refractivity contribution < 1.29 is 0 Å². The lowest BCUT2D eigenvalue weighted by molar-refractivity contribution is 1.09. The van der Waals surface area contributed by atoms with Crippen LogP contribution in [-0.2, 0) is 0 Å². The first-order valence-electron chi connectivity index (χ1n) is 23.9. The van der Waals surface area contributed by atoms with Crippen LogP contribution in [0.4, 0.5) is 0 Å². The van der Waals surface area contributed by atoms with E-state index in [0.717, 1.165) is 55.9 Å². The highest BCUT2D eigenvalue weighted by molar-refractivity contribution is 6.14. The SMILES string of the molecule is c1ccc(-n2c3ccccc3c3cc(-c4ccc5c6ccccc6n(-c6cncc(-n7c8ccccc8c8ccc(-c9ccc%10c(c9)c9ccccc9n%10-c9ccccc9)cc87)c6)c5c4)ccc32)cc1. The van der Waals surface area contributed by atoms with E-state index in [1.54, 1.807) is 0 Å². The first-order chi connectivity index (χ1) is 34.7. The minimum Gasteiger partial charge on any atom is -0.309 e. The highest BCUT2D eigenvalue weighted by Gasteiger charge is 2.20. The van der Waals surface area contributed by atoms with Crippen LogP contribution in [0.2, 0.25) is 0 Å². The first-order valence-corrected chi connectivity index (χ1v) is 23.9. The van der Waals surface area contributed by atoms with E-state index in [9.17, 15) is 0 Å². The van der Waals surface area contributed by atoms with Gasteiger partial charge >= 0.3 is 0 Å². The average Bonchev–Trinajstić information content (AvgIpc) is 4.15. The summed E-state index contributed by atoms with van der Waals surface area (Å²) in [5.41, 5.74) is 18.4. The zero-order valence-corrected chi connectivity index (χ0v) is 37.9. The molecule has 70 heavy (non-hydrogen) atoms. The van der Waals surface area contributed by atoms with Crippen molar-refractivity contribution in [2.24, 2.45) is 0 Å². The van der Waals surface area contributed by atoms with Gasteiger partial charge in [0.05, 0.1) is 67.9 Å². The van der Waals surface area contributed by atoms with Crippen LogP contribution in [0, 0.1) is 0 Å². The molecular formula is C65H41N5. The first kappa shape index (κ1) is 38.6. The Hall–Kier alpha value is -9.45. The van der Waals surface area contributed by atoms with Crippen molar-refractivity contribution in [1.29, 1.82) is 0 Å². The summed E-state index contributed by atoms with van der Waals surface area (Å²) in [7, 11) is 0. The number of fused-ring (bicyclic) bond motifs is 12. The zero-order chi connectivity index (χ0) is 45.9. The number of hydrogen-bond acceptors (Lipinski definition) is 1. The molecule has 326 valence electrons. The van der Waals surface area contributed by atoms with Crippen molar-refractivity contribution >= 4 is 87.2 Å². The number of hydrogen-bond donors (Lipinski definition) is 0. The van der Waals surface area contributed by atoms with Gasteiger partial charge in [0.1, 0.15) is 0 Å². The fourth-order valence-corrected chi connectivity index (χ4v) is 11.5. The van der Waals surface area contributed by atoms with Crippen molar-refractivity contribution in [2.75, 3.05) is 0 Å². The van der Waals surface area contributed by atoms with Gasteiger partial charge < -0.3 is 18.3 Å². The molecule has 10 aromatic carbocycles. The number of rotatable bonds is 6. The molecule has 0 aliphatic rings. The van der Waals surface area contributed by atoms with Gasteiger partial charge in [-0.25, -0.2) is 0 Å². The lowest BCUT2D eigenvalue weighted by atomic mass is 10.0. The van der Waals surface area contributed by atoms with Crippen LogP contribution in [0.3, 0.4) is 0 Å². The molecule has 0 unspecified atom stereocenters. The molecule has 0 bridgehead atoms. The second kappa shape index (κ2) is 15.0. The fraction of sp³-hybridized carbons (Fsp3) is 0. The molecular weight excluding hydrogens is 851 g/mol. The predicted molar refractivity (Wildman–Crippen MR) is 292 cm³/mol. The minimum absolute atomic E-state index is 1.00. The Labute approximate surface area is 402 Å². The second-order valence-electron chi connectivity index (χ2n) is 18.4. The molecule has 5 heterocycles. The van der Waals surface area contributed by atoms with Crippen LogP contribution in [0.15, 0.2) is 249 Å². The van der Waals surface area contributed by atoms with Crippen molar-refractivity contribution in [2.45, 2.75) is 0 Å². The lowest BCUT2D eigenvalue weighted by Gasteiger charge is -2.13. The molecule has 0 aliphatic carbocycles. The minimum atomic E-state index is 1.00. The van der Waals surface area contributed by atoms with Gasteiger partial charge in [-0.15, -0.1) is 0 Å². The van der Waals surface area contributed by atoms with Crippen molar-refractivity contribution in [3.63, 3.8) is 0 Å². The van der Waals surface area contributed by atoms with Crippen LogP contribution < -0.4 is 0 Å². The third-order valence-electron chi connectivity index (χ3n) is 14.6. The second-order valence-corrected chi connectivity index (χ2v) is 18.4. The van der Waals surface area contributed by atoms with E-state index in [-0.39, 0.29) is 0 Å². The van der Waals surface area contributed by atoms with Crippen LogP contribution in [0.1, 0.15) is 0 Å². The number of aromatic nitrogens is 5. The Morgan fingerprint density at radius 3 is 0.914 bits per heavy atom. The smallest absolute Gasteiger partial charge is 0.0666 e. The summed E-state index contributed by atoms with van der Waals surface area (Å²) in [6, 6.07) is 86.3. The van der Waals surface area contributed by atoms with E-state index in [0.29, 0.717) is 0 Å². The lowest BCUT2D eigenvalue weighted by Crippen LogP contribution is -2.00. The standard InChI is InChI=1S/C65H41N5/c1-3-15-46(16-4-1)67-60-25-13-9-21-52(60)56-35-42(29-33-62(56)67)44-27-31-54-50-19-7-11-23-58(50)69(64(54)37-44)48-39-49(41-66-40-48)70-59-24-12-8-20-51(59)55-32-28-45(38-65(55)70)43-30-34-63-57(36-43)53-22-10-14-26-61(53)68(63)47-17-5-2-6-18-47/h1-41H. The molecule has 0 aliphatic heterocycles. The van der Waals surface area contributed by atoms with E-state index in [1.165, 1.54) is 76.3 Å². The summed E-state index contributed by atoms with van der Waals surface area (Å²) in [6.07, 6.45) is 4.01. The van der Waals surface area contributed by atoms with Gasteiger partial charge in [-0.1, -0.05) is 146 Å². The molecule has 0 fully saturated rings. The molecule has 0 spiro atoms. The average molecular weight is 892 g/mol. The number of pyridine rings is 1. The summed E-state index contributed by atoms with van der Waals surface area (Å²) in [5.74, 6) is 0. The van der Waals surface area contributed by atoms with Gasteiger partial charge in [0.25, 0.3) is 0 Å². The van der Waals surface area contributed by atoms with E-state index >= 15 is 0 Å². The Bertz CT molecular complexity index is 4290. The maximum atomic E-state index is 5.02. The number of benzene rings is 10. The number of para-hydroxylation sites is 6.